The number of hydrogen-bond donors (Lipinski definition) is 0. The molecule has 0 spiro atoms. The molecule has 18 heavy (non-hydrogen) atoms. The molecule has 0 atom stereocenters. The van der Waals surface area contributed by atoms with E-state index >= 15 is 0 Å². The Hall–Kier alpha value is -2.50. The van der Waals surface area contributed by atoms with Crippen molar-refractivity contribution in [1.82, 2.24) is 0 Å². The van der Waals surface area contributed by atoms with Gasteiger partial charge in [-0.05, 0) is 30.2 Å². The summed E-state index contributed by atoms with van der Waals surface area (Å²) in [5, 5.41) is 10.5. The number of esters is 1. The fourth-order valence-electron chi connectivity index (χ4n) is 1.62. The van der Waals surface area contributed by atoms with Crippen LogP contribution in [0.25, 0.3) is 5.57 Å². The number of aliphatic imine (C=N–C) groups is 1. The first-order valence-electron chi connectivity index (χ1n) is 5.22. The molecule has 0 bridgehead atoms. The first kappa shape index (κ1) is 12.0. The molecule has 0 fully saturated rings. The van der Waals surface area contributed by atoms with E-state index < -0.39 is 10.9 Å². The molecule has 2 rings (SSSR count). The number of ether oxygens (including phenoxy) is 1. The Labute approximate surface area is 103 Å². The lowest BCUT2D eigenvalue weighted by Gasteiger charge is -2.02. The van der Waals surface area contributed by atoms with Crippen molar-refractivity contribution in [2.24, 2.45) is 4.99 Å². The smallest absolute Gasteiger partial charge is 0.363 e. The van der Waals surface area contributed by atoms with E-state index in [1.54, 1.807) is 26.0 Å². The van der Waals surface area contributed by atoms with Gasteiger partial charge in [0, 0.05) is 19.1 Å². The molecule has 0 unspecified atom stereocenters. The maximum absolute atomic E-state index is 11.5. The lowest BCUT2D eigenvalue weighted by molar-refractivity contribution is -0.384. The van der Waals surface area contributed by atoms with Crippen molar-refractivity contribution in [3.8, 4) is 0 Å². The van der Waals surface area contributed by atoms with Crippen LogP contribution in [0.1, 0.15) is 19.4 Å². The van der Waals surface area contributed by atoms with E-state index in [-0.39, 0.29) is 11.4 Å². The van der Waals surface area contributed by atoms with Crippen molar-refractivity contribution in [3.63, 3.8) is 0 Å². The maximum atomic E-state index is 11.5. The number of rotatable bonds is 2. The van der Waals surface area contributed by atoms with Gasteiger partial charge in [0.25, 0.3) is 5.69 Å². The second-order valence-corrected chi connectivity index (χ2v) is 3.80. The van der Waals surface area contributed by atoms with Gasteiger partial charge in [-0.25, -0.2) is 9.79 Å². The highest BCUT2D eigenvalue weighted by atomic mass is 16.6. The van der Waals surface area contributed by atoms with E-state index in [4.69, 9.17) is 4.74 Å². The molecule has 0 aliphatic carbocycles. The van der Waals surface area contributed by atoms with Crippen LogP contribution in [0.2, 0.25) is 0 Å². The quantitative estimate of drug-likeness (QED) is 0.347. The highest BCUT2D eigenvalue weighted by Gasteiger charge is 2.23. The lowest BCUT2D eigenvalue weighted by atomic mass is 10.1. The van der Waals surface area contributed by atoms with Crippen molar-refractivity contribution >= 4 is 23.1 Å². The normalized spacial score (nSPS) is 17.2. The SMILES string of the molecule is CC1=N/C(=C(\C)c2ccc([N+](=O)[O-])cc2)C(=O)O1. The highest BCUT2D eigenvalue weighted by molar-refractivity contribution is 6.08. The molecular weight excluding hydrogens is 236 g/mol. The molecule has 0 aromatic heterocycles. The third-order valence-corrected chi connectivity index (χ3v) is 2.57. The topological polar surface area (TPSA) is 81.8 Å². The zero-order valence-corrected chi connectivity index (χ0v) is 9.84. The first-order valence-corrected chi connectivity index (χ1v) is 5.22. The molecule has 6 nitrogen and oxygen atoms in total. The zero-order chi connectivity index (χ0) is 13.3. The third-order valence-electron chi connectivity index (χ3n) is 2.57. The van der Waals surface area contributed by atoms with Crippen LogP contribution in [0.5, 0.6) is 0 Å². The monoisotopic (exact) mass is 246 g/mol. The van der Waals surface area contributed by atoms with Gasteiger partial charge in [-0.2, -0.15) is 0 Å². The Bertz CT molecular complexity index is 585. The number of carbonyl (C=O) groups is 1. The molecule has 1 aliphatic rings. The van der Waals surface area contributed by atoms with Crippen LogP contribution in [0.3, 0.4) is 0 Å². The van der Waals surface area contributed by atoms with Crippen molar-refractivity contribution in [2.45, 2.75) is 13.8 Å². The molecular formula is C12H10N2O4. The minimum Gasteiger partial charge on any atom is -0.407 e. The minimum atomic E-state index is -0.497. The summed E-state index contributed by atoms with van der Waals surface area (Å²) in [6.07, 6.45) is 0. The predicted octanol–water partition coefficient (Wildman–Crippen LogP) is 2.30. The second kappa shape index (κ2) is 4.40. The largest absolute Gasteiger partial charge is 0.407 e. The Balaban J connectivity index is 2.40. The Morgan fingerprint density at radius 3 is 2.39 bits per heavy atom. The van der Waals surface area contributed by atoms with Gasteiger partial charge in [0.05, 0.1) is 4.92 Å². The van der Waals surface area contributed by atoms with Crippen molar-refractivity contribution in [3.05, 3.63) is 45.6 Å². The van der Waals surface area contributed by atoms with E-state index in [0.29, 0.717) is 17.0 Å². The molecule has 92 valence electrons. The predicted molar refractivity (Wildman–Crippen MR) is 64.9 cm³/mol. The molecule has 0 saturated heterocycles. The van der Waals surface area contributed by atoms with Crippen LogP contribution >= 0.6 is 0 Å². The Kier molecular flexibility index (Phi) is 2.93. The van der Waals surface area contributed by atoms with E-state index in [0.717, 1.165) is 0 Å². The molecule has 1 aliphatic heterocycles. The number of non-ortho nitro benzene ring substituents is 1. The van der Waals surface area contributed by atoms with Crippen LogP contribution in [-0.4, -0.2) is 16.8 Å². The number of benzene rings is 1. The molecule has 0 saturated carbocycles. The van der Waals surface area contributed by atoms with Crippen LogP contribution in [-0.2, 0) is 9.53 Å². The lowest BCUT2D eigenvalue weighted by Crippen LogP contribution is -2.01. The average molecular weight is 246 g/mol. The number of hydrogen-bond acceptors (Lipinski definition) is 5. The minimum absolute atomic E-state index is 0.00484. The summed E-state index contributed by atoms with van der Waals surface area (Å²) in [6.45, 7) is 3.31. The third kappa shape index (κ3) is 2.13. The molecule has 1 aromatic rings. The van der Waals surface area contributed by atoms with Gasteiger partial charge in [-0.3, -0.25) is 10.1 Å². The number of carbonyl (C=O) groups excluding carboxylic acids is 1. The summed E-state index contributed by atoms with van der Waals surface area (Å²) in [5.41, 5.74) is 1.57. The molecule has 0 N–H and O–H groups in total. The van der Waals surface area contributed by atoms with Crippen molar-refractivity contribution < 1.29 is 14.5 Å². The van der Waals surface area contributed by atoms with Gasteiger partial charge in [-0.15, -0.1) is 0 Å². The van der Waals surface area contributed by atoms with Gasteiger partial charge in [0.15, 0.2) is 11.6 Å². The Morgan fingerprint density at radius 1 is 1.33 bits per heavy atom. The molecule has 0 amide bonds. The van der Waals surface area contributed by atoms with Crippen LogP contribution in [0.4, 0.5) is 5.69 Å². The van der Waals surface area contributed by atoms with Crippen LogP contribution in [0.15, 0.2) is 35.0 Å². The van der Waals surface area contributed by atoms with Gasteiger partial charge in [-0.1, -0.05) is 0 Å². The summed E-state index contributed by atoms with van der Waals surface area (Å²) in [4.78, 5) is 25.5. The number of allylic oxidation sites excluding steroid dienone is 1. The molecule has 6 heteroatoms. The van der Waals surface area contributed by atoms with Gasteiger partial charge in [0.1, 0.15) is 0 Å². The number of nitro benzene ring substituents is 1. The number of nitro groups is 1. The van der Waals surface area contributed by atoms with E-state index in [1.807, 2.05) is 0 Å². The maximum Gasteiger partial charge on any atom is 0.363 e. The van der Waals surface area contributed by atoms with E-state index in [1.165, 1.54) is 12.1 Å². The van der Waals surface area contributed by atoms with E-state index in [2.05, 4.69) is 4.99 Å². The second-order valence-electron chi connectivity index (χ2n) is 3.80. The Morgan fingerprint density at radius 2 is 1.94 bits per heavy atom. The average Bonchev–Trinajstić information content (AvgIpc) is 2.67. The van der Waals surface area contributed by atoms with E-state index in [9.17, 15) is 14.9 Å². The van der Waals surface area contributed by atoms with Crippen LogP contribution < -0.4 is 0 Å². The van der Waals surface area contributed by atoms with Crippen molar-refractivity contribution in [1.29, 1.82) is 0 Å². The summed E-state index contributed by atoms with van der Waals surface area (Å²) >= 11 is 0. The number of nitrogens with zero attached hydrogens (tertiary/aromatic N) is 2. The zero-order valence-electron chi connectivity index (χ0n) is 9.84. The van der Waals surface area contributed by atoms with Gasteiger partial charge >= 0.3 is 5.97 Å². The standard InChI is InChI=1S/C12H10N2O4/c1-7(11-12(15)18-8(2)13-11)9-3-5-10(6-4-9)14(16)17/h3-6H,1-2H3/b11-7+. The summed E-state index contributed by atoms with van der Waals surface area (Å²) in [5.74, 6) is -0.195. The van der Waals surface area contributed by atoms with Crippen LogP contribution in [0, 0.1) is 10.1 Å². The van der Waals surface area contributed by atoms with Gasteiger partial charge < -0.3 is 4.74 Å². The fraction of sp³-hybridized carbons (Fsp3) is 0.167. The summed E-state index contributed by atoms with van der Waals surface area (Å²) < 4.78 is 4.82. The van der Waals surface area contributed by atoms with Gasteiger partial charge in [0.2, 0.25) is 0 Å². The molecule has 0 radical (unpaired) electrons. The number of cyclic esters (lactones) is 1. The molecule has 1 heterocycles. The summed E-state index contributed by atoms with van der Waals surface area (Å²) in [6, 6.07) is 5.93. The first-order chi connectivity index (χ1) is 8.49. The molecule has 1 aromatic carbocycles. The summed E-state index contributed by atoms with van der Waals surface area (Å²) in [7, 11) is 0. The highest BCUT2D eigenvalue weighted by Crippen LogP contribution is 2.25. The fourth-order valence-corrected chi connectivity index (χ4v) is 1.62. The van der Waals surface area contributed by atoms with Crippen molar-refractivity contribution in [2.75, 3.05) is 0 Å².